The van der Waals surface area contributed by atoms with Crippen molar-refractivity contribution in [3.63, 3.8) is 0 Å². The molecule has 2 N–H and O–H groups in total. The average molecular weight is 557 g/mol. The average Bonchev–Trinajstić information content (AvgIpc) is 3.26. The fourth-order valence-electron chi connectivity index (χ4n) is 5.95. The lowest BCUT2D eigenvalue weighted by atomic mass is 9.85. The van der Waals surface area contributed by atoms with Gasteiger partial charge >= 0.3 is 5.69 Å². The number of aromatic nitrogens is 4. The van der Waals surface area contributed by atoms with Crippen LogP contribution in [0.15, 0.2) is 65.7 Å². The number of nitrogens with zero attached hydrogens (tertiary/aromatic N) is 4. The predicted molar refractivity (Wildman–Crippen MR) is 158 cm³/mol. The van der Waals surface area contributed by atoms with Gasteiger partial charge in [-0.25, -0.2) is 4.79 Å². The number of fused-ring (bicyclic) bond motifs is 1. The molecule has 6 rings (SSSR count). The largest absolute Gasteiger partial charge is 0.349 e. The molecule has 2 aliphatic rings. The second kappa shape index (κ2) is 11.4. The summed E-state index contributed by atoms with van der Waals surface area (Å²) < 4.78 is 3.68. The van der Waals surface area contributed by atoms with Gasteiger partial charge in [-0.1, -0.05) is 29.8 Å². The molecule has 1 fully saturated rings. The number of aryl methyl sites for hydroxylation is 1. The van der Waals surface area contributed by atoms with Crippen molar-refractivity contribution in [2.45, 2.75) is 51.6 Å². The number of para-hydroxylation sites is 2. The summed E-state index contributed by atoms with van der Waals surface area (Å²) in [4.78, 5) is 35.5. The molecule has 0 spiro atoms. The summed E-state index contributed by atoms with van der Waals surface area (Å²) in [7, 11) is 0. The maximum absolute atomic E-state index is 13.8. The minimum atomic E-state index is -0.133. The van der Waals surface area contributed by atoms with Gasteiger partial charge in [-0.05, 0) is 87.4 Å². The third-order valence-corrected chi connectivity index (χ3v) is 8.36. The van der Waals surface area contributed by atoms with E-state index in [9.17, 15) is 9.59 Å². The first kappa shape index (κ1) is 26.5. The molecule has 9 heteroatoms. The Labute approximate surface area is 238 Å². The summed E-state index contributed by atoms with van der Waals surface area (Å²) in [6.07, 6.45) is 10.1. The number of amides is 1. The lowest BCUT2D eigenvalue weighted by Gasteiger charge is -2.29. The van der Waals surface area contributed by atoms with Gasteiger partial charge in [-0.2, -0.15) is 0 Å². The van der Waals surface area contributed by atoms with E-state index in [1.165, 1.54) is 5.57 Å². The number of carbonyl (C=O) groups is 1. The van der Waals surface area contributed by atoms with Crippen LogP contribution in [-0.4, -0.2) is 44.1 Å². The van der Waals surface area contributed by atoms with Gasteiger partial charge < -0.3 is 10.6 Å². The van der Waals surface area contributed by atoms with Gasteiger partial charge in [0.25, 0.3) is 5.91 Å². The van der Waals surface area contributed by atoms with Crippen LogP contribution in [0, 0.1) is 12.8 Å². The molecule has 1 aliphatic heterocycles. The number of pyridine rings is 2. The van der Waals surface area contributed by atoms with Crippen LogP contribution < -0.4 is 16.3 Å². The molecule has 4 aromatic rings. The van der Waals surface area contributed by atoms with Gasteiger partial charge in [0.2, 0.25) is 0 Å². The van der Waals surface area contributed by atoms with Gasteiger partial charge in [0.05, 0.1) is 44.9 Å². The Kier molecular flexibility index (Phi) is 7.54. The second-order valence-electron chi connectivity index (χ2n) is 10.8. The Bertz CT molecular complexity index is 1630. The Hall–Kier alpha value is -3.75. The summed E-state index contributed by atoms with van der Waals surface area (Å²) in [5, 5.41) is 6.94. The van der Waals surface area contributed by atoms with Crippen molar-refractivity contribution >= 4 is 34.1 Å². The zero-order valence-electron chi connectivity index (χ0n) is 22.6. The van der Waals surface area contributed by atoms with E-state index in [4.69, 9.17) is 16.6 Å². The normalized spacial score (nSPS) is 19.4. The summed E-state index contributed by atoms with van der Waals surface area (Å²) >= 11 is 6.05. The third-order valence-electron chi connectivity index (χ3n) is 8.16. The van der Waals surface area contributed by atoms with Crippen LogP contribution in [0.25, 0.3) is 22.3 Å². The highest BCUT2D eigenvalue weighted by atomic mass is 35.5. The zero-order chi connectivity index (χ0) is 27.6. The molecule has 1 saturated carbocycles. The number of hydrogen-bond acceptors (Lipinski definition) is 5. The molecule has 206 valence electrons. The molecule has 4 heterocycles. The van der Waals surface area contributed by atoms with E-state index in [1.54, 1.807) is 23.0 Å². The lowest BCUT2D eigenvalue weighted by molar-refractivity contribution is 0.0919. The maximum Gasteiger partial charge on any atom is 0.333 e. The summed E-state index contributed by atoms with van der Waals surface area (Å²) in [5.41, 5.74) is 5.93. The molecular weight excluding hydrogens is 524 g/mol. The van der Waals surface area contributed by atoms with Crippen LogP contribution in [0.5, 0.6) is 0 Å². The Morgan fingerprint density at radius 1 is 1.07 bits per heavy atom. The van der Waals surface area contributed by atoms with E-state index in [1.807, 2.05) is 47.9 Å². The Balaban J connectivity index is 1.17. The molecule has 0 bridgehead atoms. The van der Waals surface area contributed by atoms with Crippen molar-refractivity contribution in [2.24, 2.45) is 5.92 Å². The fourth-order valence-corrected chi connectivity index (χ4v) is 6.10. The number of carbonyl (C=O) groups excluding carboxylic acids is 1. The maximum atomic E-state index is 13.8. The van der Waals surface area contributed by atoms with Crippen LogP contribution in [-0.2, 0) is 6.54 Å². The zero-order valence-corrected chi connectivity index (χ0v) is 23.3. The van der Waals surface area contributed by atoms with Crippen LogP contribution in [0.1, 0.15) is 53.8 Å². The van der Waals surface area contributed by atoms with E-state index < -0.39 is 0 Å². The van der Waals surface area contributed by atoms with E-state index in [0.29, 0.717) is 28.7 Å². The van der Waals surface area contributed by atoms with Crippen molar-refractivity contribution in [3.8, 4) is 5.69 Å². The first-order valence-electron chi connectivity index (χ1n) is 14.0. The van der Waals surface area contributed by atoms with Crippen LogP contribution >= 0.6 is 11.6 Å². The van der Waals surface area contributed by atoms with Crippen LogP contribution in [0.3, 0.4) is 0 Å². The monoisotopic (exact) mass is 556 g/mol. The number of nitrogens with one attached hydrogen (secondary N) is 2. The van der Waals surface area contributed by atoms with Crippen molar-refractivity contribution < 1.29 is 4.79 Å². The fraction of sp³-hybridized carbons (Fsp3) is 0.355. The highest BCUT2D eigenvalue weighted by Gasteiger charge is 2.26. The molecule has 40 heavy (non-hydrogen) atoms. The molecule has 0 radical (unpaired) electrons. The standard InChI is InChI=1S/C31H33ClN6O2/c1-20-26(16-23(32)17-34-20)30(39)36-24-8-6-21(7-9-24)19-37-28-4-2-3-5-29(28)38(31(37)40)25-10-11-27(35-18-25)22-12-14-33-15-13-22/h2-5,10-12,16-18,21,24,33H,6-9,13-15,19H2,1H3,(H,36,39). The second-order valence-corrected chi connectivity index (χ2v) is 11.2. The molecule has 0 saturated heterocycles. The van der Waals surface area contributed by atoms with Gasteiger partial charge in [0.15, 0.2) is 0 Å². The minimum Gasteiger partial charge on any atom is -0.349 e. The summed E-state index contributed by atoms with van der Waals surface area (Å²) in [5.74, 6) is 0.221. The van der Waals surface area contributed by atoms with Crippen molar-refractivity contribution in [1.29, 1.82) is 0 Å². The number of imidazole rings is 1. The van der Waals surface area contributed by atoms with E-state index in [-0.39, 0.29) is 17.6 Å². The van der Waals surface area contributed by atoms with Gasteiger partial charge in [-0.3, -0.25) is 23.9 Å². The highest BCUT2D eigenvalue weighted by Crippen LogP contribution is 2.28. The first-order valence-corrected chi connectivity index (χ1v) is 14.4. The van der Waals surface area contributed by atoms with E-state index in [2.05, 4.69) is 21.7 Å². The first-order chi connectivity index (χ1) is 19.5. The van der Waals surface area contributed by atoms with E-state index >= 15 is 0 Å². The topological polar surface area (TPSA) is 93.8 Å². The van der Waals surface area contributed by atoms with Crippen molar-refractivity contribution in [1.82, 2.24) is 29.7 Å². The molecule has 1 aliphatic carbocycles. The number of benzene rings is 1. The molecule has 0 atom stereocenters. The third kappa shape index (κ3) is 5.33. The quantitative estimate of drug-likeness (QED) is 0.352. The highest BCUT2D eigenvalue weighted by molar-refractivity contribution is 6.30. The number of hydrogen-bond donors (Lipinski definition) is 2. The van der Waals surface area contributed by atoms with Gasteiger partial charge in [-0.15, -0.1) is 0 Å². The molecule has 1 aromatic carbocycles. The SMILES string of the molecule is Cc1ncc(Cl)cc1C(=O)NC1CCC(Cn2c(=O)n(-c3ccc(C4=CCNCC4)nc3)c3ccccc32)CC1. The molecular formula is C31H33ClN6O2. The Morgan fingerprint density at radius 3 is 2.60 bits per heavy atom. The number of halogens is 1. The van der Waals surface area contributed by atoms with Crippen molar-refractivity contribution in [2.75, 3.05) is 13.1 Å². The van der Waals surface area contributed by atoms with Gasteiger partial charge in [0.1, 0.15) is 0 Å². The molecule has 8 nitrogen and oxygen atoms in total. The van der Waals surface area contributed by atoms with E-state index in [0.717, 1.165) is 67.6 Å². The van der Waals surface area contributed by atoms with Crippen LogP contribution in [0.4, 0.5) is 0 Å². The van der Waals surface area contributed by atoms with Gasteiger partial charge in [0, 0.05) is 25.3 Å². The summed E-state index contributed by atoms with van der Waals surface area (Å²) in [6, 6.07) is 13.7. The molecule has 3 aromatic heterocycles. The minimum absolute atomic E-state index is 0.0452. The molecule has 0 unspecified atom stereocenters. The predicted octanol–water partition coefficient (Wildman–Crippen LogP) is 4.91. The number of rotatable bonds is 6. The summed E-state index contributed by atoms with van der Waals surface area (Å²) in [6.45, 7) is 4.27. The molecule has 1 amide bonds. The van der Waals surface area contributed by atoms with Crippen molar-refractivity contribution in [3.05, 3.63) is 93.4 Å². The lowest BCUT2D eigenvalue weighted by Crippen LogP contribution is -2.39. The smallest absolute Gasteiger partial charge is 0.333 e. The Morgan fingerprint density at radius 2 is 1.88 bits per heavy atom. The van der Waals surface area contributed by atoms with Crippen LogP contribution in [0.2, 0.25) is 5.02 Å².